The minimum Gasteiger partial charge on any atom is -0.399 e. The average molecular weight is 346 g/mol. The minimum absolute atomic E-state index is 0.158. The van der Waals surface area contributed by atoms with E-state index in [1.165, 1.54) is 0 Å². The molecule has 1 unspecified atom stereocenters. The number of hydrogen-bond donors (Lipinski definition) is 2. The smallest absolute Gasteiger partial charge is 0.185 e. The zero-order valence-corrected chi connectivity index (χ0v) is 15.2. The molecule has 1 atom stereocenters. The Morgan fingerprint density at radius 2 is 1.27 bits per heavy atom. The van der Waals surface area contributed by atoms with Gasteiger partial charge in [-0.1, -0.05) is 44.0 Å². The maximum atomic E-state index is 13.0. The number of Topliss-reactive ketones (excluding diaryl/α,β-unsaturated/α-hetero) is 1. The maximum Gasteiger partial charge on any atom is 0.185 e. The topological polar surface area (TPSA) is 69.1 Å². The first kappa shape index (κ1) is 18.0. The van der Waals surface area contributed by atoms with E-state index in [4.69, 9.17) is 11.5 Å². The first-order chi connectivity index (χ1) is 12.5. The molecule has 0 aromatic heterocycles. The Morgan fingerprint density at radius 1 is 0.846 bits per heavy atom. The Kier molecular flexibility index (Phi) is 5.57. The molecule has 0 aliphatic heterocycles. The number of nitrogens with two attached hydrogens (primary N) is 2. The molecule has 3 rings (SSSR count). The van der Waals surface area contributed by atoms with Crippen LogP contribution in [0.15, 0.2) is 59.7 Å². The summed E-state index contributed by atoms with van der Waals surface area (Å²) < 4.78 is 0. The molecule has 4 N–H and O–H groups in total. The van der Waals surface area contributed by atoms with Gasteiger partial charge in [-0.15, -0.1) is 0 Å². The van der Waals surface area contributed by atoms with E-state index in [1.54, 1.807) is 0 Å². The summed E-state index contributed by atoms with van der Waals surface area (Å²) in [5.41, 5.74) is 16.8. The maximum absolute atomic E-state index is 13.0. The highest BCUT2D eigenvalue weighted by atomic mass is 16.1. The summed E-state index contributed by atoms with van der Waals surface area (Å²) >= 11 is 0. The molecule has 0 bridgehead atoms. The van der Waals surface area contributed by atoms with E-state index in [0.717, 1.165) is 59.3 Å². The lowest BCUT2D eigenvalue weighted by Gasteiger charge is -2.25. The van der Waals surface area contributed by atoms with Gasteiger partial charge in [-0.25, -0.2) is 0 Å². The number of nitrogen functional groups attached to an aromatic ring is 2. The number of anilines is 2. The van der Waals surface area contributed by atoms with Gasteiger partial charge in [-0.3, -0.25) is 4.79 Å². The molecule has 0 saturated heterocycles. The van der Waals surface area contributed by atoms with Crippen molar-refractivity contribution in [1.29, 1.82) is 0 Å². The van der Waals surface area contributed by atoms with Crippen molar-refractivity contribution in [2.75, 3.05) is 11.5 Å². The third-order valence-electron chi connectivity index (χ3n) is 4.85. The number of carbonyl (C=O) groups excluding carboxylic acids is 1. The van der Waals surface area contributed by atoms with Gasteiger partial charge in [0.05, 0.1) is 0 Å². The molecule has 0 heterocycles. The summed E-state index contributed by atoms with van der Waals surface area (Å²) in [4.78, 5) is 13.0. The highest BCUT2D eigenvalue weighted by Crippen LogP contribution is 2.35. The van der Waals surface area contributed by atoms with Crippen LogP contribution in [0.25, 0.3) is 12.2 Å². The molecular formula is C23H26N2O. The van der Waals surface area contributed by atoms with Gasteiger partial charge in [-0.05, 0) is 66.3 Å². The Bertz CT molecular complexity index is 762. The van der Waals surface area contributed by atoms with E-state index in [2.05, 4.69) is 6.92 Å². The van der Waals surface area contributed by atoms with Gasteiger partial charge in [0, 0.05) is 22.5 Å². The number of carbonyl (C=O) groups is 1. The third-order valence-corrected chi connectivity index (χ3v) is 4.85. The summed E-state index contributed by atoms with van der Waals surface area (Å²) in [6, 6.07) is 15.3. The average Bonchev–Trinajstić information content (AvgIpc) is 2.63. The molecule has 1 saturated carbocycles. The van der Waals surface area contributed by atoms with Crippen LogP contribution < -0.4 is 11.5 Å². The predicted molar refractivity (Wildman–Crippen MR) is 110 cm³/mol. The van der Waals surface area contributed by atoms with Gasteiger partial charge < -0.3 is 11.5 Å². The molecule has 26 heavy (non-hydrogen) atoms. The number of ketones is 1. The Balaban J connectivity index is 1.93. The summed E-state index contributed by atoms with van der Waals surface area (Å²) in [6.07, 6.45) is 7.97. The molecule has 0 radical (unpaired) electrons. The molecule has 2 aromatic carbocycles. The fourth-order valence-electron chi connectivity index (χ4n) is 3.53. The largest absolute Gasteiger partial charge is 0.399 e. The van der Waals surface area contributed by atoms with Crippen LogP contribution in [0.2, 0.25) is 0 Å². The van der Waals surface area contributed by atoms with Crippen molar-refractivity contribution in [3.05, 3.63) is 70.8 Å². The van der Waals surface area contributed by atoms with Gasteiger partial charge in [0.1, 0.15) is 0 Å². The van der Waals surface area contributed by atoms with E-state index in [9.17, 15) is 4.79 Å². The molecule has 3 heteroatoms. The van der Waals surface area contributed by atoms with Crippen LogP contribution in [-0.4, -0.2) is 5.78 Å². The van der Waals surface area contributed by atoms with Crippen molar-refractivity contribution in [3.8, 4) is 0 Å². The van der Waals surface area contributed by atoms with Gasteiger partial charge in [0.2, 0.25) is 0 Å². The molecule has 0 spiro atoms. The zero-order valence-electron chi connectivity index (χ0n) is 15.2. The van der Waals surface area contributed by atoms with Crippen LogP contribution in [-0.2, 0) is 4.79 Å². The first-order valence-electron chi connectivity index (χ1n) is 9.22. The van der Waals surface area contributed by atoms with Crippen LogP contribution in [0, 0.1) is 5.92 Å². The lowest BCUT2D eigenvalue weighted by atomic mass is 9.78. The SMILES string of the molecule is CCCC1C/C(=C/c2ccc(N)cc2)C(=O)/C(=C/c2ccc(N)cc2)C1. The molecule has 134 valence electrons. The molecule has 0 amide bonds. The van der Waals surface area contributed by atoms with Gasteiger partial charge >= 0.3 is 0 Å². The molecule has 1 aliphatic rings. The third kappa shape index (κ3) is 4.42. The monoisotopic (exact) mass is 346 g/mol. The Labute approximate surface area is 155 Å². The second-order valence-corrected chi connectivity index (χ2v) is 7.06. The van der Waals surface area contributed by atoms with Gasteiger partial charge in [0.15, 0.2) is 5.78 Å². The van der Waals surface area contributed by atoms with Crippen molar-refractivity contribution < 1.29 is 4.79 Å². The van der Waals surface area contributed by atoms with E-state index in [1.807, 2.05) is 60.7 Å². The van der Waals surface area contributed by atoms with E-state index < -0.39 is 0 Å². The van der Waals surface area contributed by atoms with Crippen molar-refractivity contribution >= 4 is 29.3 Å². The quantitative estimate of drug-likeness (QED) is 0.598. The summed E-state index contributed by atoms with van der Waals surface area (Å²) in [7, 11) is 0. The standard InChI is InChI=1S/C23H26N2O/c1-2-3-18-14-19(12-16-4-8-21(24)9-5-16)23(26)20(15-18)13-17-6-10-22(25)11-7-17/h4-13,18H,2-3,14-15,24-25H2,1H3/b19-12-,20-13+. The molecule has 1 fully saturated rings. The van der Waals surface area contributed by atoms with Crippen molar-refractivity contribution in [2.24, 2.45) is 5.92 Å². The number of rotatable bonds is 4. The minimum atomic E-state index is 0.158. The second kappa shape index (κ2) is 8.05. The van der Waals surface area contributed by atoms with Crippen LogP contribution >= 0.6 is 0 Å². The second-order valence-electron chi connectivity index (χ2n) is 7.06. The Hall–Kier alpha value is -2.81. The summed E-state index contributed by atoms with van der Waals surface area (Å²) in [5, 5.41) is 0. The first-order valence-corrected chi connectivity index (χ1v) is 9.22. The van der Waals surface area contributed by atoms with Crippen molar-refractivity contribution in [3.63, 3.8) is 0 Å². The van der Waals surface area contributed by atoms with Crippen LogP contribution in [0.5, 0.6) is 0 Å². The Morgan fingerprint density at radius 3 is 1.65 bits per heavy atom. The number of allylic oxidation sites excluding steroid dienone is 2. The van der Waals surface area contributed by atoms with Crippen LogP contribution in [0.4, 0.5) is 11.4 Å². The number of hydrogen-bond acceptors (Lipinski definition) is 3. The van der Waals surface area contributed by atoms with E-state index in [0.29, 0.717) is 5.92 Å². The zero-order chi connectivity index (χ0) is 18.5. The van der Waals surface area contributed by atoms with Crippen LogP contribution in [0.3, 0.4) is 0 Å². The molecular weight excluding hydrogens is 320 g/mol. The summed E-state index contributed by atoms with van der Waals surface area (Å²) in [5.74, 6) is 0.670. The predicted octanol–water partition coefficient (Wildman–Crippen LogP) is 5.10. The number of benzene rings is 2. The molecule has 2 aromatic rings. The van der Waals surface area contributed by atoms with Crippen molar-refractivity contribution in [2.45, 2.75) is 32.6 Å². The fraction of sp³-hybridized carbons (Fsp3) is 0.261. The van der Waals surface area contributed by atoms with Gasteiger partial charge in [0.25, 0.3) is 0 Å². The lowest BCUT2D eigenvalue weighted by molar-refractivity contribution is -0.113. The fourth-order valence-corrected chi connectivity index (χ4v) is 3.53. The van der Waals surface area contributed by atoms with Crippen LogP contribution in [0.1, 0.15) is 43.7 Å². The van der Waals surface area contributed by atoms with Crippen molar-refractivity contribution in [1.82, 2.24) is 0 Å². The highest BCUT2D eigenvalue weighted by Gasteiger charge is 2.27. The molecule has 3 nitrogen and oxygen atoms in total. The highest BCUT2D eigenvalue weighted by molar-refractivity contribution is 6.14. The van der Waals surface area contributed by atoms with Gasteiger partial charge in [-0.2, -0.15) is 0 Å². The van der Waals surface area contributed by atoms with E-state index in [-0.39, 0.29) is 5.78 Å². The summed E-state index contributed by atoms with van der Waals surface area (Å²) in [6.45, 7) is 2.20. The van der Waals surface area contributed by atoms with E-state index >= 15 is 0 Å². The lowest BCUT2D eigenvalue weighted by Crippen LogP contribution is -2.20. The molecule has 1 aliphatic carbocycles. The normalized spacial score (nSPS) is 20.7.